The van der Waals surface area contributed by atoms with Crippen molar-refractivity contribution >= 4 is 5.78 Å². The number of hydrogen-bond acceptors (Lipinski definition) is 3. The van der Waals surface area contributed by atoms with Crippen molar-refractivity contribution in [3.8, 4) is 0 Å². The van der Waals surface area contributed by atoms with Gasteiger partial charge in [0.25, 0.3) is 0 Å². The standard InChI is InChI=1S/C15H26O3/c1-10(16)6-7-11-15(4)9-5-8-14(2,3)12(15)13(17)18-11/h11-13,17H,5-9H2,1-4H3/t11-,12+,13-,15+/m1/s1. The highest BCUT2D eigenvalue weighted by Crippen LogP contribution is 2.59. The third kappa shape index (κ3) is 2.23. The van der Waals surface area contributed by atoms with Crippen molar-refractivity contribution in [1.29, 1.82) is 0 Å². The number of fused-ring (bicyclic) bond motifs is 1. The van der Waals surface area contributed by atoms with E-state index in [2.05, 4.69) is 20.8 Å². The SMILES string of the molecule is CC(=O)CC[C@H]1O[C@@H](O)[C@H]2C(C)(C)CCC[C@@]12C. The van der Waals surface area contributed by atoms with Crippen LogP contribution in [0.1, 0.15) is 59.8 Å². The van der Waals surface area contributed by atoms with Crippen LogP contribution in [0.2, 0.25) is 0 Å². The molecule has 1 saturated carbocycles. The van der Waals surface area contributed by atoms with Gasteiger partial charge in [0, 0.05) is 17.8 Å². The molecule has 104 valence electrons. The second-order valence-electron chi connectivity index (χ2n) is 7.08. The minimum atomic E-state index is -0.665. The molecule has 3 heteroatoms. The Hall–Kier alpha value is -0.410. The van der Waals surface area contributed by atoms with Gasteiger partial charge in [-0.15, -0.1) is 0 Å². The molecule has 1 saturated heterocycles. The molecule has 2 rings (SSSR count). The maximum atomic E-state index is 11.2. The average Bonchev–Trinajstić information content (AvgIpc) is 2.47. The predicted molar refractivity (Wildman–Crippen MR) is 70.0 cm³/mol. The molecule has 0 bridgehead atoms. The summed E-state index contributed by atoms with van der Waals surface area (Å²) in [5, 5.41) is 10.3. The lowest BCUT2D eigenvalue weighted by Crippen LogP contribution is -2.46. The smallest absolute Gasteiger partial charge is 0.158 e. The Kier molecular flexibility index (Phi) is 3.58. The zero-order chi connectivity index (χ0) is 13.6. The van der Waals surface area contributed by atoms with E-state index in [9.17, 15) is 9.90 Å². The molecule has 4 atom stereocenters. The molecule has 0 aromatic heterocycles. The van der Waals surface area contributed by atoms with Crippen LogP contribution < -0.4 is 0 Å². The van der Waals surface area contributed by atoms with Crippen molar-refractivity contribution in [2.45, 2.75) is 72.2 Å². The van der Waals surface area contributed by atoms with E-state index in [1.54, 1.807) is 6.92 Å². The number of hydrogen-bond donors (Lipinski definition) is 1. The van der Waals surface area contributed by atoms with E-state index >= 15 is 0 Å². The number of ketones is 1. The lowest BCUT2D eigenvalue weighted by Gasteiger charge is -2.48. The Bertz CT molecular complexity index is 337. The quantitative estimate of drug-likeness (QED) is 0.842. The van der Waals surface area contributed by atoms with E-state index in [1.165, 1.54) is 6.42 Å². The molecule has 1 N–H and O–H groups in total. The molecular formula is C15H26O3. The number of rotatable bonds is 3. The molecule has 0 spiro atoms. The van der Waals surface area contributed by atoms with Gasteiger partial charge in [0.2, 0.25) is 0 Å². The van der Waals surface area contributed by atoms with Crippen molar-refractivity contribution in [2.24, 2.45) is 16.7 Å². The van der Waals surface area contributed by atoms with Crippen LogP contribution in [0, 0.1) is 16.7 Å². The molecule has 2 aliphatic rings. The summed E-state index contributed by atoms with van der Waals surface area (Å²) in [6, 6.07) is 0. The van der Waals surface area contributed by atoms with Crippen molar-refractivity contribution in [2.75, 3.05) is 0 Å². The fourth-order valence-corrected chi connectivity index (χ4v) is 4.34. The fraction of sp³-hybridized carbons (Fsp3) is 0.933. The summed E-state index contributed by atoms with van der Waals surface area (Å²) >= 11 is 0. The predicted octanol–water partition coefficient (Wildman–Crippen LogP) is 2.91. The highest BCUT2D eigenvalue weighted by atomic mass is 16.6. The number of aliphatic hydroxyl groups is 1. The van der Waals surface area contributed by atoms with Crippen LogP contribution in [0.4, 0.5) is 0 Å². The molecule has 3 nitrogen and oxygen atoms in total. The molecule has 1 aliphatic heterocycles. The van der Waals surface area contributed by atoms with Gasteiger partial charge < -0.3 is 14.6 Å². The Morgan fingerprint density at radius 3 is 2.61 bits per heavy atom. The molecule has 0 amide bonds. The molecule has 0 unspecified atom stereocenters. The van der Waals surface area contributed by atoms with Gasteiger partial charge in [-0.25, -0.2) is 0 Å². The lowest BCUT2D eigenvalue weighted by atomic mass is 9.55. The first-order valence-electron chi connectivity index (χ1n) is 7.10. The van der Waals surface area contributed by atoms with Gasteiger partial charge in [0.1, 0.15) is 5.78 Å². The number of aliphatic hydroxyl groups excluding tert-OH is 1. The summed E-state index contributed by atoms with van der Waals surface area (Å²) in [6.45, 7) is 8.32. The molecular weight excluding hydrogens is 228 g/mol. The van der Waals surface area contributed by atoms with Crippen LogP contribution in [0.5, 0.6) is 0 Å². The van der Waals surface area contributed by atoms with Crippen LogP contribution in [0.15, 0.2) is 0 Å². The average molecular weight is 254 g/mol. The minimum Gasteiger partial charge on any atom is -0.368 e. The lowest BCUT2D eigenvalue weighted by molar-refractivity contribution is -0.130. The number of carbonyl (C=O) groups excluding carboxylic acids is 1. The summed E-state index contributed by atoms with van der Waals surface area (Å²) in [5.41, 5.74) is 0.147. The second kappa shape index (κ2) is 4.61. The van der Waals surface area contributed by atoms with E-state index < -0.39 is 6.29 Å². The largest absolute Gasteiger partial charge is 0.368 e. The Morgan fingerprint density at radius 1 is 1.33 bits per heavy atom. The maximum Gasteiger partial charge on any atom is 0.158 e. The van der Waals surface area contributed by atoms with Crippen LogP contribution in [0.25, 0.3) is 0 Å². The fourth-order valence-electron chi connectivity index (χ4n) is 4.34. The minimum absolute atomic E-state index is 0.0244. The van der Waals surface area contributed by atoms with E-state index in [-0.39, 0.29) is 28.6 Å². The van der Waals surface area contributed by atoms with Gasteiger partial charge in [-0.1, -0.05) is 27.2 Å². The van der Waals surface area contributed by atoms with E-state index in [0.29, 0.717) is 6.42 Å². The highest BCUT2D eigenvalue weighted by molar-refractivity contribution is 5.75. The molecule has 0 radical (unpaired) electrons. The van der Waals surface area contributed by atoms with Gasteiger partial charge in [-0.3, -0.25) is 0 Å². The normalized spacial score (nSPS) is 42.6. The summed E-state index contributed by atoms with van der Waals surface area (Å²) in [7, 11) is 0. The third-order valence-electron chi connectivity index (χ3n) is 5.17. The third-order valence-corrected chi connectivity index (χ3v) is 5.17. The van der Waals surface area contributed by atoms with E-state index in [1.807, 2.05) is 0 Å². The zero-order valence-electron chi connectivity index (χ0n) is 12.0. The zero-order valence-corrected chi connectivity index (χ0v) is 12.0. The van der Waals surface area contributed by atoms with E-state index in [4.69, 9.17) is 4.74 Å². The van der Waals surface area contributed by atoms with Crippen LogP contribution >= 0.6 is 0 Å². The van der Waals surface area contributed by atoms with Gasteiger partial charge in [0.15, 0.2) is 6.29 Å². The molecule has 1 heterocycles. The summed E-state index contributed by atoms with van der Waals surface area (Å²) in [6.07, 6.45) is 4.10. The molecule has 0 aromatic rings. The first kappa shape index (κ1) is 14.0. The second-order valence-corrected chi connectivity index (χ2v) is 7.08. The topological polar surface area (TPSA) is 46.5 Å². The van der Waals surface area contributed by atoms with Crippen LogP contribution in [-0.2, 0) is 9.53 Å². The van der Waals surface area contributed by atoms with Crippen LogP contribution in [0.3, 0.4) is 0 Å². The van der Waals surface area contributed by atoms with Gasteiger partial charge in [0.05, 0.1) is 6.10 Å². The van der Waals surface area contributed by atoms with Crippen LogP contribution in [-0.4, -0.2) is 23.3 Å². The molecule has 18 heavy (non-hydrogen) atoms. The van der Waals surface area contributed by atoms with Crippen molar-refractivity contribution in [3.05, 3.63) is 0 Å². The summed E-state index contributed by atoms with van der Waals surface area (Å²) in [4.78, 5) is 11.2. The summed E-state index contributed by atoms with van der Waals surface area (Å²) in [5.74, 6) is 0.394. The first-order valence-corrected chi connectivity index (χ1v) is 7.10. The number of Topliss-reactive ketones (excluding diaryl/α,β-unsaturated/α-hetero) is 1. The monoisotopic (exact) mass is 254 g/mol. The van der Waals surface area contributed by atoms with Crippen molar-refractivity contribution in [1.82, 2.24) is 0 Å². The highest BCUT2D eigenvalue weighted by Gasteiger charge is 2.59. The number of ether oxygens (including phenoxy) is 1. The maximum absolute atomic E-state index is 11.2. The number of carbonyl (C=O) groups is 1. The van der Waals surface area contributed by atoms with Gasteiger partial charge in [-0.05, 0) is 31.6 Å². The van der Waals surface area contributed by atoms with Gasteiger partial charge in [-0.2, -0.15) is 0 Å². The molecule has 0 aromatic carbocycles. The van der Waals surface area contributed by atoms with E-state index in [0.717, 1.165) is 19.3 Å². The van der Waals surface area contributed by atoms with Crippen molar-refractivity contribution < 1.29 is 14.6 Å². The van der Waals surface area contributed by atoms with Crippen molar-refractivity contribution in [3.63, 3.8) is 0 Å². The first-order chi connectivity index (χ1) is 8.27. The Morgan fingerprint density at radius 2 is 2.00 bits per heavy atom. The van der Waals surface area contributed by atoms with Gasteiger partial charge >= 0.3 is 0 Å². The molecule has 1 aliphatic carbocycles. The molecule has 2 fully saturated rings. The summed E-state index contributed by atoms with van der Waals surface area (Å²) < 4.78 is 5.80. The Balaban J connectivity index is 2.18. The Labute approximate surface area is 110 Å².